The number of methoxy groups -OCH3 is 1. The van der Waals surface area contributed by atoms with E-state index >= 15 is 0 Å². The summed E-state index contributed by atoms with van der Waals surface area (Å²) in [6.07, 6.45) is 1.47. The van der Waals surface area contributed by atoms with Crippen molar-refractivity contribution in [2.45, 2.75) is 0 Å². The van der Waals surface area contributed by atoms with Crippen LogP contribution in [0.5, 0.6) is 5.75 Å². The van der Waals surface area contributed by atoms with Crippen molar-refractivity contribution >= 4 is 34.1 Å². The Kier molecular flexibility index (Phi) is 5.86. The molecule has 2 amide bonds. The number of nitrogens with zero attached hydrogens (tertiary/aromatic N) is 3. The second-order valence-corrected chi connectivity index (χ2v) is 7.98. The highest BCUT2D eigenvalue weighted by Crippen LogP contribution is 2.26. The number of benzene rings is 2. The highest BCUT2D eigenvalue weighted by molar-refractivity contribution is 6.02. The van der Waals surface area contributed by atoms with E-state index in [1.54, 1.807) is 25.3 Å². The molecule has 0 unspecified atom stereocenters. The van der Waals surface area contributed by atoms with E-state index < -0.39 is 0 Å². The number of para-hydroxylation sites is 1. The summed E-state index contributed by atoms with van der Waals surface area (Å²) in [4.78, 5) is 33.9. The standard InChI is InChI=1S/C26H24N4O4/c1-33-24-17-22(28-21-6-3-2-5-20(21)24)26(32)30-14-12-29(13-15-30)19-10-8-18(9-11-19)27-25(31)23-7-4-16-34-23/h2-11,16-17H,12-15H2,1H3,(H,27,31). The first-order valence-corrected chi connectivity index (χ1v) is 11.1. The average Bonchev–Trinajstić information content (AvgIpc) is 3.43. The lowest BCUT2D eigenvalue weighted by Crippen LogP contribution is -2.49. The van der Waals surface area contributed by atoms with Gasteiger partial charge < -0.3 is 24.3 Å². The van der Waals surface area contributed by atoms with Crippen LogP contribution in [0, 0.1) is 0 Å². The lowest BCUT2D eigenvalue weighted by atomic mass is 10.1. The molecule has 1 fully saturated rings. The molecular formula is C26H24N4O4. The first kappa shape index (κ1) is 21.5. The van der Waals surface area contributed by atoms with E-state index in [1.807, 2.05) is 53.4 Å². The van der Waals surface area contributed by atoms with E-state index in [1.165, 1.54) is 6.26 Å². The van der Waals surface area contributed by atoms with Crippen molar-refractivity contribution in [1.29, 1.82) is 0 Å². The normalized spacial score (nSPS) is 13.7. The minimum atomic E-state index is -0.288. The van der Waals surface area contributed by atoms with Crippen molar-refractivity contribution in [3.05, 3.63) is 84.4 Å². The Balaban J connectivity index is 1.22. The third kappa shape index (κ3) is 4.30. The van der Waals surface area contributed by atoms with E-state index in [4.69, 9.17) is 9.15 Å². The van der Waals surface area contributed by atoms with E-state index in [0.717, 1.165) is 16.6 Å². The molecule has 0 spiro atoms. The minimum Gasteiger partial charge on any atom is -0.496 e. The molecule has 34 heavy (non-hydrogen) atoms. The lowest BCUT2D eigenvalue weighted by molar-refractivity contribution is 0.0740. The van der Waals surface area contributed by atoms with Crippen molar-refractivity contribution in [2.75, 3.05) is 43.5 Å². The number of carbonyl (C=O) groups is 2. The van der Waals surface area contributed by atoms with Gasteiger partial charge in [0.1, 0.15) is 11.4 Å². The van der Waals surface area contributed by atoms with Crippen molar-refractivity contribution in [1.82, 2.24) is 9.88 Å². The smallest absolute Gasteiger partial charge is 0.291 e. The van der Waals surface area contributed by atoms with E-state index in [-0.39, 0.29) is 17.6 Å². The first-order chi connectivity index (χ1) is 16.6. The fourth-order valence-electron chi connectivity index (χ4n) is 4.11. The third-order valence-corrected chi connectivity index (χ3v) is 5.92. The van der Waals surface area contributed by atoms with Gasteiger partial charge in [-0.3, -0.25) is 9.59 Å². The van der Waals surface area contributed by atoms with Crippen LogP contribution < -0.4 is 15.0 Å². The summed E-state index contributed by atoms with van der Waals surface area (Å²) in [5.41, 5.74) is 2.85. The van der Waals surface area contributed by atoms with Gasteiger partial charge in [0, 0.05) is 49.0 Å². The summed E-state index contributed by atoms with van der Waals surface area (Å²) in [5.74, 6) is 0.527. The number of aromatic nitrogens is 1. The van der Waals surface area contributed by atoms with Crippen LogP contribution in [0.25, 0.3) is 10.9 Å². The lowest BCUT2D eigenvalue weighted by Gasteiger charge is -2.36. The average molecular weight is 457 g/mol. The van der Waals surface area contributed by atoms with E-state index in [2.05, 4.69) is 15.2 Å². The first-order valence-electron chi connectivity index (χ1n) is 11.1. The van der Waals surface area contributed by atoms with Crippen LogP contribution in [-0.4, -0.2) is 55.0 Å². The molecule has 0 bridgehead atoms. The summed E-state index contributed by atoms with van der Waals surface area (Å²) in [6, 6.07) is 20.3. The van der Waals surface area contributed by atoms with Gasteiger partial charge >= 0.3 is 0 Å². The van der Waals surface area contributed by atoms with Crippen molar-refractivity contribution in [3.63, 3.8) is 0 Å². The van der Waals surface area contributed by atoms with E-state index in [9.17, 15) is 9.59 Å². The van der Waals surface area contributed by atoms with Crippen LogP contribution in [-0.2, 0) is 0 Å². The second-order valence-electron chi connectivity index (χ2n) is 7.98. The molecule has 0 saturated carbocycles. The van der Waals surface area contributed by atoms with Gasteiger partial charge in [0.25, 0.3) is 11.8 Å². The molecule has 0 aliphatic carbocycles. The number of carbonyl (C=O) groups excluding carboxylic acids is 2. The Hall–Kier alpha value is -4.33. The number of fused-ring (bicyclic) bond motifs is 1. The second kappa shape index (κ2) is 9.27. The number of nitrogens with one attached hydrogen (secondary N) is 1. The van der Waals surface area contributed by atoms with Crippen LogP contribution in [0.15, 0.2) is 77.4 Å². The molecule has 1 N–H and O–H groups in total. The molecular weight excluding hydrogens is 432 g/mol. The number of anilines is 2. The SMILES string of the molecule is COc1cc(C(=O)N2CCN(c3ccc(NC(=O)c4ccco4)cc3)CC2)nc2ccccc12. The van der Waals surface area contributed by atoms with Gasteiger partial charge in [-0.1, -0.05) is 12.1 Å². The fourth-order valence-corrected chi connectivity index (χ4v) is 4.11. The summed E-state index contributed by atoms with van der Waals surface area (Å²) in [7, 11) is 1.60. The molecule has 1 saturated heterocycles. The summed E-state index contributed by atoms with van der Waals surface area (Å²) in [5, 5.41) is 3.70. The maximum absolute atomic E-state index is 13.1. The van der Waals surface area contributed by atoms with Crippen LogP contribution in [0.2, 0.25) is 0 Å². The number of pyridine rings is 1. The maximum atomic E-state index is 13.1. The zero-order chi connectivity index (χ0) is 23.5. The van der Waals surface area contributed by atoms with Gasteiger partial charge in [0.2, 0.25) is 0 Å². The molecule has 4 aromatic rings. The number of amides is 2. The van der Waals surface area contributed by atoms with Crippen molar-refractivity contribution < 1.29 is 18.7 Å². The number of hydrogen-bond acceptors (Lipinski definition) is 6. The highest BCUT2D eigenvalue weighted by atomic mass is 16.5. The molecule has 2 aromatic carbocycles. The van der Waals surface area contributed by atoms with Gasteiger partial charge in [-0.2, -0.15) is 0 Å². The molecule has 2 aromatic heterocycles. The van der Waals surface area contributed by atoms with Crippen LogP contribution in [0.1, 0.15) is 21.0 Å². The Labute approximate surface area is 196 Å². The zero-order valence-electron chi connectivity index (χ0n) is 18.7. The van der Waals surface area contributed by atoms with Crippen LogP contribution in [0.3, 0.4) is 0 Å². The van der Waals surface area contributed by atoms with Gasteiger partial charge in [-0.05, 0) is 48.5 Å². The largest absolute Gasteiger partial charge is 0.496 e. The van der Waals surface area contributed by atoms with Crippen molar-refractivity contribution in [3.8, 4) is 5.75 Å². The molecule has 0 radical (unpaired) electrons. The van der Waals surface area contributed by atoms with E-state index in [0.29, 0.717) is 43.3 Å². The molecule has 1 aliphatic heterocycles. The molecule has 0 atom stereocenters. The monoisotopic (exact) mass is 456 g/mol. The Morgan fingerprint density at radius 3 is 2.44 bits per heavy atom. The number of ether oxygens (including phenoxy) is 1. The molecule has 172 valence electrons. The molecule has 1 aliphatic rings. The maximum Gasteiger partial charge on any atom is 0.291 e. The summed E-state index contributed by atoms with van der Waals surface area (Å²) >= 11 is 0. The minimum absolute atomic E-state index is 0.0975. The Bertz CT molecular complexity index is 1310. The quantitative estimate of drug-likeness (QED) is 0.488. The summed E-state index contributed by atoms with van der Waals surface area (Å²) < 4.78 is 10.6. The topological polar surface area (TPSA) is 87.9 Å². The number of furan rings is 1. The predicted molar refractivity (Wildman–Crippen MR) is 130 cm³/mol. The van der Waals surface area contributed by atoms with Crippen molar-refractivity contribution in [2.24, 2.45) is 0 Å². The molecule has 5 rings (SSSR count). The van der Waals surface area contributed by atoms with Gasteiger partial charge in [-0.25, -0.2) is 4.98 Å². The fraction of sp³-hybridized carbons (Fsp3) is 0.192. The highest BCUT2D eigenvalue weighted by Gasteiger charge is 2.24. The Morgan fingerprint density at radius 1 is 0.971 bits per heavy atom. The molecule has 8 heteroatoms. The molecule has 3 heterocycles. The zero-order valence-corrected chi connectivity index (χ0v) is 18.7. The van der Waals surface area contributed by atoms with Gasteiger partial charge in [0.15, 0.2) is 5.76 Å². The third-order valence-electron chi connectivity index (χ3n) is 5.92. The summed E-state index contributed by atoms with van der Waals surface area (Å²) in [6.45, 7) is 2.59. The van der Waals surface area contributed by atoms with Crippen LogP contribution >= 0.6 is 0 Å². The van der Waals surface area contributed by atoms with Crippen LogP contribution in [0.4, 0.5) is 11.4 Å². The predicted octanol–water partition coefficient (Wildman–Crippen LogP) is 4.05. The Morgan fingerprint density at radius 2 is 1.74 bits per heavy atom. The van der Waals surface area contributed by atoms with Gasteiger partial charge in [-0.15, -0.1) is 0 Å². The number of piperazine rings is 1. The number of hydrogen-bond donors (Lipinski definition) is 1. The van der Waals surface area contributed by atoms with Gasteiger partial charge in [0.05, 0.1) is 18.9 Å². The number of rotatable bonds is 5. The molecule has 8 nitrogen and oxygen atoms in total.